The zero-order valence-corrected chi connectivity index (χ0v) is 15.6. The number of rotatable bonds is 5. The van der Waals surface area contributed by atoms with Gasteiger partial charge in [0.1, 0.15) is 0 Å². The van der Waals surface area contributed by atoms with Crippen LogP contribution in [0, 0.1) is 5.92 Å². The number of thioether (sulfide) groups is 1. The van der Waals surface area contributed by atoms with E-state index in [1.807, 2.05) is 17.8 Å². The van der Waals surface area contributed by atoms with Crippen molar-refractivity contribution in [2.24, 2.45) is 5.92 Å². The SMILES string of the molecule is C[C@@H]1CO[C@@](C)(CCc2ccc3c(c2)OCO3)[C@H]1Sc1ccccc1. The summed E-state index contributed by atoms with van der Waals surface area (Å²) in [5, 5.41) is 0.462. The molecule has 3 nitrogen and oxygen atoms in total. The first-order valence-corrected chi connectivity index (χ1v) is 9.76. The van der Waals surface area contributed by atoms with E-state index in [4.69, 9.17) is 14.2 Å². The molecule has 2 aliphatic rings. The van der Waals surface area contributed by atoms with Crippen molar-refractivity contribution in [1.29, 1.82) is 0 Å². The molecule has 1 fully saturated rings. The van der Waals surface area contributed by atoms with E-state index < -0.39 is 0 Å². The first-order valence-electron chi connectivity index (χ1n) is 8.88. The molecule has 25 heavy (non-hydrogen) atoms. The van der Waals surface area contributed by atoms with Gasteiger partial charge < -0.3 is 14.2 Å². The molecule has 0 aliphatic carbocycles. The largest absolute Gasteiger partial charge is 0.454 e. The van der Waals surface area contributed by atoms with Crippen molar-refractivity contribution in [3.8, 4) is 11.5 Å². The van der Waals surface area contributed by atoms with Gasteiger partial charge >= 0.3 is 0 Å². The van der Waals surface area contributed by atoms with Crippen molar-refractivity contribution in [3.63, 3.8) is 0 Å². The maximum Gasteiger partial charge on any atom is 0.231 e. The lowest BCUT2D eigenvalue weighted by atomic mass is 9.90. The van der Waals surface area contributed by atoms with Crippen molar-refractivity contribution < 1.29 is 14.2 Å². The van der Waals surface area contributed by atoms with E-state index in [1.54, 1.807) is 0 Å². The van der Waals surface area contributed by atoms with Crippen LogP contribution < -0.4 is 9.47 Å². The number of aryl methyl sites for hydroxylation is 1. The molecule has 1 saturated heterocycles. The molecule has 2 aromatic carbocycles. The van der Waals surface area contributed by atoms with Gasteiger partial charge in [0, 0.05) is 10.1 Å². The van der Waals surface area contributed by atoms with Crippen LogP contribution in [0.5, 0.6) is 11.5 Å². The monoisotopic (exact) mass is 356 g/mol. The molecule has 4 heteroatoms. The van der Waals surface area contributed by atoms with Gasteiger partial charge in [-0.1, -0.05) is 31.2 Å². The Morgan fingerprint density at radius 3 is 2.72 bits per heavy atom. The lowest BCUT2D eigenvalue weighted by molar-refractivity contribution is 0.0152. The molecule has 0 unspecified atom stereocenters. The van der Waals surface area contributed by atoms with Gasteiger partial charge in [-0.05, 0) is 55.5 Å². The van der Waals surface area contributed by atoms with E-state index in [9.17, 15) is 0 Å². The van der Waals surface area contributed by atoms with Crippen molar-refractivity contribution in [3.05, 3.63) is 54.1 Å². The Balaban J connectivity index is 1.46. The highest BCUT2D eigenvalue weighted by Crippen LogP contribution is 2.44. The van der Waals surface area contributed by atoms with Crippen LogP contribution in [0.1, 0.15) is 25.8 Å². The third-order valence-electron chi connectivity index (χ3n) is 5.15. The fraction of sp³-hybridized carbons (Fsp3) is 0.429. The van der Waals surface area contributed by atoms with Gasteiger partial charge in [-0.3, -0.25) is 0 Å². The van der Waals surface area contributed by atoms with Gasteiger partial charge in [0.05, 0.1) is 12.2 Å². The number of fused-ring (bicyclic) bond motifs is 1. The predicted octanol–water partition coefficient (Wildman–Crippen LogP) is 4.93. The number of benzene rings is 2. The van der Waals surface area contributed by atoms with Crippen LogP contribution >= 0.6 is 11.8 Å². The van der Waals surface area contributed by atoms with Crippen LogP contribution in [0.2, 0.25) is 0 Å². The topological polar surface area (TPSA) is 27.7 Å². The minimum Gasteiger partial charge on any atom is -0.454 e. The highest BCUT2D eigenvalue weighted by molar-refractivity contribution is 8.00. The summed E-state index contributed by atoms with van der Waals surface area (Å²) < 4.78 is 17.2. The molecule has 2 aromatic rings. The molecule has 132 valence electrons. The summed E-state index contributed by atoms with van der Waals surface area (Å²) in [4.78, 5) is 1.32. The van der Waals surface area contributed by atoms with Gasteiger partial charge in [0.25, 0.3) is 0 Å². The van der Waals surface area contributed by atoms with Crippen LogP contribution in [0.4, 0.5) is 0 Å². The second-order valence-electron chi connectivity index (χ2n) is 7.14. The Morgan fingerprint density at radius 1 is 1.08 bits per heavy atom. The average molecular weight is 356 g/mol. The first kappa shape index (κ1) is 16.8. The lowest BCUT2D eigenvalue weighted by Crippen LogP contribution is -2.36. The van der Waals surface area contributed by atoms with Crippen molar-refractivity contribution in [2.45, 2.75) is 42.4 Å². The third-order valence-corrected chi connectivity index (χ3v) is 6.91. The molecule has 0 saturated carbocycles. The molecule has 0 amide bonds. The standard InChI is InChI=1S/C21H24O3S/c1-15-13-24-21(2,20(15)25-17-6-4-3-5-7-17)11-10-16-8-9-18-19(12-16)23-14-22-18/h3-9,12,15,20H,10-11,13-14H2,1-2H3/t15-,20+,21+/m1/s1. The maximum absolute atomic E-state index is 6.28. The smallest absolute Gasteiger partial charge is 0.231 e. The Morgan fingerprint density at radius 2 is 1.88 bits per heavy atom. The Kier molecular flexibility index (Phi) is 4.65. The summed E-state index contributed by atoms with van der Waals surface area (Å²) in [6.45, 7) is 5.73. The van der Waals surface area contributed by atoms with Gasteiger partial charge in [-0.2, -0.15) is 0 Å². The van der Waals surface area contributed by atoms with E-state index in [1.165, 1.54) is 10.5 Å². The van der Waals surface area contributed by atoms with Crippen molar-refractivity contribution in [1.82, 2.24) is 0 Å². The van der Waals surface area contributed by atoms with Gasteiger partial charge in [-0.15, -0.1) is 11.8 Å². The van der Waals surface area contributed by atoms with Crippen LogP contribution in [-0.4, -0.2) is 24.3 Å². The fourth-order valence-electron chi connectivity index (χ4n) is 3.68. The molecule has 2 heterocycles. The molecule has 3 atom stereocenters. The Labute approximate surface area is 153 Å². The van der Waals surface area contributed by atoms with Gasteiger partial charge in [0.15, 0.2) is 11.5 Å². The predicted molar refractivity (Wildman–Crippen MR) is 100 cm³/mol. The summed E-state index contributed by atoms with van der Waals surface area (Å²) in [6, 6.07) is 16.9. The minimum atomic E-state index is -0.115. The highest BCUT2D eigenvalue weighted by Gasteiger charge is 2.44. The first-order chi connectivity index (χ1) is 12.1. The lowest BCUT2D eigenvalue weighted by Gasteiger charge is -2.31. The molecule has 0 bridgehead atoms. The zero-order chi connectivity index (χ0) is 17.3. The van der Waals surface area contributed by atoms with Crippen LogP contribution in [0.15, 0.2) is 53.4 Å². The number of ether oxygens (including phenoxy) is 3. The van der Waals surface area contributed by atoms with E-state index in [0.29, 0.717) is 18.0 Å². The minimum absolute atomic E-state index is 0.115. The van der Waals surface area contributed by atoms with Crippen LogP contribution in [-0.2, 0) is 11.2 Å². The number of hydrogen-bond donors (Lipinski definition) is 0. The molecule has 2 aliphatic heterocycles. The molecule has 0 aromatic heterocycles. The van der Waals surface area contributed by atoms with Crippen molar-refractivity contribution >= 4 is 11.8 Å². The Hall–Kier alpha value is -1.65. The summed E-state index contributed by atoms with van der Waals surface area (Å²) in [7, 11) is 0. The van der Waals surface area contributed by atoms with Crippen molar-refractivity contribution in [2.75, 3.05) is 13.4 Å². The van der Waals surface area contributed by atoms with Crippen LogP contribution in [0.3, 0.4) is 0 Å². The van der Waals surface area contributed by atoms with E-state index in [2.05, 4.69) is 56.3 Å². The van der Waals surface area contributed by atoms with Crippen LogP contribution in [0.25, 0.3) is 0 Å². The maximum atomic E-state index is 6.28. The summed E-state index contributed by atoms with van der Waals surface area (Å²) in [5.74, 6) is 2.25. The summed E-state index contributed by atoms with van der Waals surface area (Å²) in [5.41, 5.74) is 1.16. The molecule has 0 N–H and O–H groups in total. The average Bonchev–Trinajstić information content (AvgIpc) is 3.21. The van der Waals surface area contributed by atoms with Gasteiger partial charge in [-0.25, -0.2) is 0 Å². The molecule has 0 radical (unpaired) electrons. The van der Waals surface area contributed by atoms with E-state index in [0.717, 1.165) is 30.9 Å². The fourth-order valence-corrected chi connectivity index (χ4v) is 5.04. The van der Waals surface area contributed by atoms with E-state index >= 15 is 0 Å². The highest BCUT2D eigenvalue weighted by atomic mass is 32.2. The third kappa shape index (κ3) is 3.51. The molecular weight excluding hydrogens is 332 g/mol. The van der Waals surface area contributed by atoms with E-state index in [-0.39, 0.29) is 5.60 Å². The quantitative estimate of drug-likeness (QED) is 0.759. The zero-order valence-electron chi connectivity index (χ0n) is 14.7. The second-order valence-corrected chi connectivity index (χ2v) is 8.36. The Bertz CT molecular complexity index is 733. The second kappa shape index (κ2) is 6.93. The summed E-state index contributed by atoms with van der Waals surface area (Å²) >= 11 is 1.95. The van der Waals surface area contributed by atoms with Gasteiger partial charge in [0.2, 0.25) is 6.79 Å². The molecular formula is C21H24O3S. The number of hydrogen-bond acceptors (Lipinski definition) is 4. The molecule has 0 spiro atoms. The normalized spacial score (nSPS) is 27.6. The molecule has 4 rings (SSSR count). The summed E-state index contributed by atoms with van der Waals surface area (Å²) in [6.07, 6.45) is 1.98.